The smallest absolute Gasteiger partial charge is 0.220 e. The molecule has 0 amide bonds. The average Bonchev–Trinajstić information content (AvgIpc) is 2.53. The van der Waals surface area contributed by atoms with Crippen LogP contribution in [0.15, 0.2) is 22.1 Å². The molecule has 4 N–H and O–H groups in total. The summed E-state index contributed by atoms with van der Waals surface area (Å²) in [6.45, 7) is 1.81. The van der Waals surface area contributed by atoms with Crippen molar-refractivity contribution < 1.29 is 13.5 Å². The second-order valence-electron chi connectivity index (χ2n) is 5.96. The van der Waals surface area contributed by atoms with Crippen molar-refractivity contribution >= 4 is 17.6 Å². The van der Waals surface area contributed by atoms with Crippen LogP contribution in [0.4, 0.5) is 14.5 Å². The number of halogens is 2. The Kier molecular flexibility index (Phi) is 4.29. The molecule has 0 atom stereocenters. The van der Waals surface area contributed by atoms with Crippen LogP contribution in [0.2, 0.25) is 0 Å². The van der Waals surface area contributed by atoms with Crippen molar-refractivity contribution in [3.8, 4) is 5.75 Å². The van der Waals surface area contributed by atoms with E-state index in [1.54, 1.807) is 6.92 Å². The van der Waals surface area contributed by atoms with E-state index in [0.29, 0.717) is 12.8 Å². The Labute approximate surface area is 139 Å². The third kappa shape index (κ3) is 2.65. The van der Waals surface area contributed by atoms with Gasteiger partial charge in [0.15, 0.2) is 17.4 Å². The minimum absolute atomic E-state index is 0.0531. The number of hydrogen-bond donors (Lipinski definition) is 2. The fraction of sp³-hybridized carbons (Fsp3) is 0.500. The van der Waals surface area contributed by atoms with Crippen molar-refractivity contribution in [2.75, 3.05) is 11.5 Å². The van der Waals surface area contributed by atoms with Gasteiger partial charge in [0, 0.05) is 0 Å². The van der Waals surface area contributed by atoms with Crippen LogP contribution in [0.5, 0.6) is 5.75 Å². The van der Waals surface area contributed by atoms with Gasteiger partial charge in [-0.05, 0) is 44.7 Å². The van der Waals surface area contributed by atoms with Crippen molar-refractivity contribution in [2.24, 2.45) is 21.5 Å². The lowest BCUT2D eigenvalue weighted by atomic mass is 9.87. The van der Waals surface area contributed by atoms with E-state index in [1.165, 1.54) is 11.0 Å². The molecule has 8 heteroatoms. The van der Waals surface area contributed by atoms with Crippen LogP contribution in [0.25, 0.3) is 0 Å². The second-order valence-corrected chi connectivity index (χ2v) is 5.96. The fourth-order valence-corrected chi connectivity index (χ4v) is 3.44. The standard InChI is InChI=1S/C16H21F2N5O/c1-2-24-13-10(17)6-7-11(12(13)18)23-15(20)21-14(19)22-16(23)8-4-3-5-9-16/h6-7H,2-5,8-9H2,1H3,(H4,19,20,21,22). The maximum atomic E-state index is 14.9. The molecule has 1 fully saturated rings. The van der Waals surface area contributed by atoms with E-state index < -0.39 is 23.0 Å². The van der Waals surface area contributed by atoms with Gasteiger partial charge in [0.05, 0.1) is 12.3 Å². The number of benzene rings is 1. The normalized spacial score (nSPS) is 19.9. The molecule has 1 aromatic carbocycles. The molecule has 0 unspecified atom stereocenters. The first kappa shape index (κ1) is 16.5. The molecule has 3 rings (SSSR count). The molecule has 1 spiro atoms. The van der Waals surface area contributed by atoms with Crippen molar-refractivity contribution in [2.45, 2.75) is 44.7 Å². The van der Waals surface area contributed by atoms with Gasteiger partial charge >= 0.3 is 0 Å². The molecule has 0 saturated heterocycles. The molecule has 2 aliphatic rings. The summed E-state index contributed by atoms with van der Waals surface area (Å²) in [5.74, 6) is -1.85. The van der Waals surface area contributed by atoms with E-state index >= 15 is 0 Å². The molecule has 1 heterocycles. The van der Waals surface area contributed by atoms with Crippen LogP contribution in [0.3, 0.4) is 0 Å². The summed E-state index contributed by atoms with van der Waals surface area (Å²) in [7, 11) is 0. The third-order valence-electron chi connectivity index (χ3n) is 4.41. The molecule has 0 aromatic heterocycles. The van der Waals surface area contributed by atoms with Gasteiger partial charge in [-0.1, -0.05) is 6.42 Å². The minimum Gasteiger partial charge on any atom is -0.488 e. The summed E-state index contributed by atoms with van der Waals surface area (Å²) in [5, 5.41) is 0. The van der Waals surface area contributed by atoms with E-state index in [4.69, 9.17) is 16.2 Å². The molecular weight excluding hydrogens is 316 g/mol. The van der Waals surface area contributed by atoms with Gasteiger partial charge in [0.25, 0.3) is 0 Å². The SMILES string of the molecule is CCOc1c(F)ccc(N2C(N)=NC(N)=NC23CCCCC3)c1F. The first-order valence-corrected chi connectivity index (χ1v) is 8.09. The lowest BCUT2D eigenvalue weighted by molar-refractivity contribution is 0.293. The summed E-state index contributed by atoms with van der Waals surface area (Å²) in [6.07, 6.45) is 4.25. The molecular formula is C16H21F2N5O. The number of aliphatic imine (C=N–C) groups is 2. The monoisotopic (exact) mass is 337 g/mol. The fourth-order valence-electron chi connectivity index (χ4n) is 3.44. The Balaban J connectivity index is 2.12. The molecule has 1 aliphatic heterocycles. The Hall–Kier alpha value is -2.38. The molecule has 1 aliphatic carbocycles. The van der Waals surface area contributed by atoms with Crippen molar-refractivity contribution in [1.29, 1.82) is 0 Å². The zero-order valence-corrected chi connectivity index (χ0v) is 13.6. The Bertz CT molecular complexity index is 698. The molecule has 6 nitrogen and oxygen atoms in total. The summed E-state index contributed by atoms with van der Waals surface area (Å²) in [5.41, 5.74) is 11.2. The van der Waals surface area contributed by atoms with Crippen LogP contribution in [-0.4, -0.2) is 24.2 Å². The van der Waals surface area contributed by atoms with E-state index in [2.05, 4.69) is 9.98 Å². The summed E-state index contributed by atoms with van der Waals surface area (Å²) in [4.78, 5) is 9.98. The van der Waals surface area contributed by atoms with Crippen molar-refractivity contribution in [1.82, 2.24) is 0 Å². The lowest BCUT2D eigenvalue weighted by Gasteiger charge is -2.45. The first-order chi connectivity index (χ1) is 11.5. The zero-order valence-electron chi connectivity index (χ0n) is 13.6. The number of rotatable bonds is 3. The van der Waals surface area contributed by atoms with Crippen LogP contribution in [0, 0.1) is 11.6 Å². The first-order valence-electron chi connectivity index (χ1n) is 8.09. The van der Waals surface area contributed by atoms with Gasteiger partial charge in [-0.3, -0.25) is 4.90 Å². The zero-order chi connectivity index (χ0) is 17.3. The Morgan fingerprint density at radius 1 is 1.21 bits per heavy atom. The highest BCUT2D eigenvalue weighted by molar-refractivity contribution is 6.05. The second kappa shape index (κ2) is 6.26. The number of nitrogens with two attached hydrogens (primary N) is 2. The van der Waals surface area contributed by atoms with Gasteiger partial charge in [0.1, 0.15) is 5.66 Å². The predicted molar refractivity (Wildman–Crippen MR) is 89.1 cm³/mol. The number of nitrogens with zero attached hydrogens (tertiary/aromatic N) is 3. The highest BCUT2D eigenvalue weighted by atomic mass is 19.1. The summed E-state index contributed by atoms with van der Waals surface area (Å²) in [6, 6.07) is 2.50. The van der Waals surface area contributed by atoms with Crippen LogP contribution in [-0.2, 0) is 0 Å². The van der Waals surface area contributed by atoms with Gasteiger partial charge in [-0.2, -0.15) is 4.99 Å². The van der Waals surface area contributed by atoms with E-state index in [9.17, 15) is 8.78 Å². The predicted octanol–water partition coefficient (Wildman–Crippen LogP) is 2.47. The van der Waals surface area contributed by atoms with Crippen LogP contribution < -0.4 is 21.1 Å². The average molecular weight is 337 g/mol. The van der Waals surface area contributed by atoms with Crippen molar-refractivity contribution in [3.63, 3.8) is 0 Å². The molecule has 0 bridgehead atoms. The van der Waals surface area contributed by atoms with Gasteiger partial charge < -0.3 is 16.2 Å². The summed E-state index contributed by atoms with van der Waals surface area (Å²) < 4.78 is 33.9. The lowest BCUT2D eigenvalue weighted by Crippen LogP contribution is -2.58. The quantitative estimate of drug-likeness (QED) is 0.887. The van der Waals surface area contributed by atoms with E-state index in [0.717, 1.165) is 25.3 Å². The van der Waals surface area contributed by atoms with Crippen LogP contribution >= 0.6 is 0 Å². The number of anilines is 1. The van der Waals surface area contributed by atoms with Crippen LogP contribution in [0.1, 0.15) is 39.0 Å². The molecule has 1 saturated carbocycles. The molecule has 130 valence electrons. The topological polar surface area (TPSA) is 89.2 Å². The molecule has 1 aromatic rings. The number of ether oxygens (including phenoxy) is 1. The number of hydrogen-bond acceptors (Lipinski definition) is 6. The van der Waals surface area contributed by atoms with Gasteiger partial charge in [-0.15, -0.1) is 0 Å². The Morgan fingerprint density at radius 3 is 2.58 bits per heavy atom. The van der Waals surface area contributed by atoms with E-state index in [-0.39, 0.29) is 24.2 Å². The number of guanidine groups is 2. The maximum absolute atomic E-state index is 14.9. The maximum Gasteiger partial charge on any atom is 0.220 e. The molecule has 24 heavy (non-hydrogen) atoms. The van der Waals surface area contributed by atoms with Crippen molar-refractivity contribution in [3.05, 3.63) is 23.8 Å². The molecule has 0 radical (unpaired) electrons. The van der Waals surface area contributed by atoms with Gasteiger partial charge in [-0.25, -0.2) is 13.8 Å². The third-order valence-corrected chi connectivity index (χ3v) is 4.41. The highest BCUT2D eigenvalue weighted by Crippen LogP contribution is 2.42. The summed E-state index contributed by atoms with van der Waals surface area (Å²) >= 11 is 0. The van der Waals surface area contributed by atoms with Gasteiger partial charge in [0.2, 0.25) is 11.9 Å². The largest absolute Gasteiger partial charge is 0.488 e. The Morgan fingerprint density at radius 2 is 1.92 bits per heavy atom. The highest BCUT2D eigenvalue weighted by Gasteiger charge is 2.44. The minimum atomic E-state index is -0.810. The van der Waals surface area contributed by atoms with E-state index in [1.807, 2.05) is 0 Å².